The highest BCUT2D eigenvalue weighted by Crippen LogP contribution is 2.37. The molecule has 0 spiro atoms. The Kier molecular flexibility index (Phi) is 6.10. The summed E-state index contributed by atoms with van der Waals surface area (Å²) in [7, 11) is 0. The van der Waals surface area contributed by atoms with Crippen LogP contribution in [0.2, 0.25) is 0 Å². The van der Waals surface area contributed by atoms with Crippen molar-refractivity contribution in [1.82, 2.24) is 0 Å². The van der Waals surface area contributed by atoms with E-state index >= 15 is 0 Å². The molecule has 4 aromatic carbocycles. The molecule has 0 heterocycles. The van der Waals surface area contributed by atoms with E-state index in [4.69, 9.17) is 0 Å². The van der Waals surface area contributed by atoms with Gasteiger partial charge in [0.1, 0.15) is 0 Å². The van der Waals surface area contributed by atoms with E-state index in [0.717, 1.165) is 42.0 Å². The second-order valence-corrected chi connectivity index (χ2v) is 8.74. The lowest BCUT2D eigenvalue weighted by molar-refractivity contribution is 1.46. The Morgan fingerprint density at radius 2 is 0.867 bits per heavy atom. The Labute approximate surface area is 194 Å². The van der Waals surface area contributed by atoms with Crippen molar-refractivity contribution in [2.45, 2.75) is 13.8 Å². The second kappa shape index (κ2) is 8.93. The van der Waals surface area contributed by atoms with Gasteiger partial charge in [-0.1, -0.05) is 83.3 Å². The molecule has 0 aliphatic rings. The van der Waals surface area contributed by atoms with Crippen LogP contribution in [0.3, 0.4) is 0 Å². The Morgan fingerprint density at radius 3 is 1.23 bits per heavy atom. The molecule has 0 bridgehead atoms. The van der Waals surface area contributed by atoms with Crippen molar-refractivity contribution >= 4 is 42.6 Å². The minimum absolute atomic E-state index is 0.925. The second-order valence-electron chi connectivity index (χ2n) is 7.16. The summed E-state index contributed by atoms with van der Waals surface area (Å²) < 4.78 is 1.85. The lowest BCUT2D eigenvalue weighted by atomic mass is 9.99. The van der Waals surface area contributed by atoms with Crippen molar-refractivity contribution in [2.24, 2.45) is 0 Å². The van der Waals surface area contributed by atoms with Gasteiger partial charge >= 0.3 is 0 Å². The van der Waals surface area contributed by atoms with Gasteiger partial charge in [-0.15, -0.1) is 0 Å². The van der Waals surface area contributed by atoms with E-state index in [0.29, 0.717) is 0 Å². The van der Waals surface area contributed by atoms with Crippen LogP contribution >= 0.6 is 31.9 Å². The van der Waals surface area contributed by atoms with Gasteiger partial charge in [0.2, 0.25) is 0 Å². The number of fused-ring (bicyclic) bond motifs is 1. The van der Waals surface area contributed by atoms with Crippen LogP contribution in [0.4, 0.5) is 0 Å². The Balaban J connectivity index is 1.86. The monoisotopic (exact) mass is 512 g/mol. The summed E-state index contributed by atoms with van der Waals surface area (Å²) in [6.45, 7) is 4.16. The van der Waals surface area contributed by atoms with Gasteiger partial charge in [-0.3, -0.25) is 0 Å². The minimum Gasteiger partial charge on any atom is -0.0616 e. The molecule has 2 heteroatoms. The average Bonchev–Trinajstić information content (AvgIpc) is 2.76. The summed E-state index contributed by atoms with van der Waals surface area (Å²) in [4.78, 5) is 0. The molecule has 0 aliphatic heterocycles. The normalized spacial score (nSPS) is 10.1. The smallest absolute Gasteiger partial charge is 0.0493 e. The Bertz CT molecular complexity index is 1250. The average molecular weight is 514 g/mol. The van der Waals surface area contributed by atoms with Crippen LogP contribution in [0.25, 0.3) is 10.8 Å². The summed E-state index contributed by atoms with van der Waals surface area (Å²) in [5.74, 6) is 13.3. The van der Waals surface area contributed by atoms with Gasteiger partial charge < -0.3 is 0 Å². The Morgan fingerprint density at radius 1 is 0.500 bits per heavy atom. The number of hydrogen-bond acceptors (Lipinski definition) is 0. The van der Waals surface area contributed by atoms with Crippen molar-refractivity contribution in [1.29, 1.82) is 0 Å². The zero-order valence-corrected chi connectivity index (χ0v) is 19.9. The van der Waals surface area contributed by atoms with Crippen LogP contribution < -0.4 is 0 Å². The largest absolute Gasteiger partial charge is 0.0616 e. The fourth-order valence-electron chi connectivity index (χ4n) is 3.16. The summed E-state index contributed by atoms with van der Waals surface area (Å²) in [6.07, 6.45) is 0. The fourth-order valence-corrected chi connectivity index (χ4v) is 4.18. The SMILES string of the molecule is Cc1ccc(C#Cc2c(Br)c(Br)c(C#Cc3ccc(C)cc3)c3ccccc23)cc1. The first-order valence-electron chi connectivity index (χ1n) is 9.60. The molecule has 0 fully saturated rings. The molecule has 144 valence electrons. The molecule has 0 aliphatic carbocycles. The molecule has 0 radical (unpaired) electrons. The molecular weight excluding hydrogens is 496 g/mol. The molecule has 4 rings (SSSR count). The van der Waals surface area contributed by atoms with E-state index in [1.807, 2.05) is 12.1 Å². The Hall–Kier alpha value is -2.78. The lowest BCUT2D eigenvalue weighted by Gasteiger charge is -2.10. The third-order valence-corrected chi connectivity index (χ3v) is 6.98. The molecule has 0 unspecified atom stereocenters. The van der Waals surface area contributed by atoms with Crippen LogP contribution in [-0.4, -0.2) is 0 Å². The van der Waals surface area contributed by atoms with Gasteiger partial charge in [0.05, 0.1) is 0 Å². The molecule has 0 atom stereocenters. The third kappa shape index (κ3) is 4.36. The van der Waals surface area contributed by atoms with Gasteiger partial charge in [0.15, 0.2) is 0 Å². The topological polar surface area (TPSA) is 0 Å². The molecular formula is C28H18Br2. The van der Waals surface area contributed by atoms with E-state index in [2.05, 4.69) is 130 Å². The molecule has 0 nitrogen and oxygen atoms in total. The van der Waals surface area contributed by atoms with Crippen LogP contribution in [0.15, 0.2) is 81.7 Å². The van der Waals surface area contributed by atoms with E-state index in [1.165, 1.54) is 11.1 Å². The lowest BCUT2D eigenvalue weighted by Crippen LogP contribution is -1.91. The molecule has 0 amide bonds. The first-order valence-corrected chi connectivity index (χ1v) is 11.2. The maximum Gasteiger partial charge on any atom is 0.0493 e. The zero-order chi connectivity index (χ0) is 21.1. The van der Waals surface area contributed by atoms with Crippen LogP contribution in [0.1, 0.15) is 33.4 Å². The van der Waals surface area contributed by atoms with Crippen LogP contribution in [0, 0.1) is 37.5 Å². The quantitative estimate of drug-likeness (QED) is 0.210. The standard InChI is InChI=1S/C28H18Br2/c1-19-7-11-21(12-8-19)15-17-25-23-5-3-4-6-24(23)26(28(30)27(25)29)18-16-22-13-9-20(2)10-14-22/h3-14H,1-2H3. The predicted octanol–water partition coefficient (Wildman–Crippen LogP) is 7.78. The molecule has 0 aromatic heterocycles. The van der Waals surface area contributed by atoms with Crippen molar-refractivity contribution in [2.75, 3.05) is 0 Å². The van der Waals surface area contributed by atoms with Crippen molar-refractivity contribution < 1.29 is 0 Å². The fraction of sp³-hybridized carbons (Fsp3) is 0.0714. The third-order valence-electron chi connectivity index (χ3n) is 4.86. The van der Waals surface area contributed by atoms with Crippen LogP contribution in [0.5, 0.6) is 0 Å². The number of hydrogen-bond donors (Lipinski definition) is 0. The van der Waals surface area contributed by atoms with E-state index in [9.17, 15) is 0 Å². The number of benzene rings is 4. The first-order chi connectivity index (χ1) is 14.5. The summed E-state index contributed by atoms with van der Waals surface area (Å²) in [6, 6.07) is 24.8. The highest BCUT2D eigenvalue weighted by Gasteiger charge is 2.14. The molecule has 30 heavy (non-hydrogen) atoms. The maximum atomic E-state index is 3.76. The van der Waals surface area contributed by atoms with Gasteiger partial charge in [0, 0.05) is 31.2 Å². The number of aryl methyl sites for hydroxylation is 2. The highest BCUT2D eigenvalue weighted by atomic mass is 79.9. The summed E-state index contributed by atoms with van der Waals surface area (Å²) in [5.41, 5.74) is 6.36. The number of halogens is 2. The van der Waals surface area contributed by atoms with E-state index < -0.39 is 0 Å². The van der Waals surface area contributed by atoms with Crippen molar-refractivity contribution in [3.63, 3.8) is 0 Å². The maximum absolute atomic E-state index is 3.76. The van der Waals surface area contributed by atoms with Gasteiger partial charge in [-0.05, 0) is 80.7 Å². The van der Waals surface area contributed by atoms with E-state index in [-0.39, 0.29) is 0 Å². The molecule has 0 saturated carbocycles. The van der Waals surface area contributed by atoms with Gasteiger partial charge in [-0.25, -0.2) is 0 Å². The minimum atomic E-state index is 0.925. The number of rotatable bonds is 0. The van der Waals surface area contributed by atoms with E-state index in [1.54, 1.807) is 0 Å². The predicted molar refractivity (Wildman–Crippen MR) is 134 cm³/mol. The molecule has 4 aromatic rings. The van der Waals surface area contributed by atoms with Gasteiger partial charge in [0.25, 0.3) is 0 Å². The molecule has 0 saturated heterocycles. The van der Waals surface area contributed by atoms with Crippen LogP contribution in [-0.2, 0) is 0 Å². The highest BCUT2D eigenvalue weighted by molar-refractivity contribution is 9.13. The molecule has 0 N–H and O–H groups in total. The van der Waals surface area contributed by atoms with Crippen molar-refractivity contribution in [3.05, 3.63) is 115 Å². The summed E-state index contributed by atoms with van der Waals surface area (Å²) in [5, 5.41) is 2.17. The zero-order valence-electron chi connectivity index (χ0n) is 16.7. The summed E-state index contributed by atoms with van der Waals surface area (Å²) >= 11 is 7.51. The van der Waals surface area contributed by atoms with Crippen molar-refractivity contribution in [3.8, 4) is 23.7 Å². The first kappa shape index (κ1) is 20.5. The van der Waals surface area contributed by atoms with Gasteiger partial charge in [-0.2, -0.15) is 0 Å².